The minimum Gasteiger partial charge on any atom is -0.493 e. The van der Waals surface area contributed by atoms with E-state index in [1.807, 2.05) is 0 Å². The van der Waals surface area contributed by atoms with Gasteiger partial charge in [-0.2, -0.15) is 18.2 Å². The van der Waals surface area contributed by atoms with Crippen molar-refractivity contribution in [1.29, 1.82) is 0 Å². The second kappa shape index (κ2) is 12.9. The Kier molecular flexibility index (Phi) is 8.83. The molecule has 0 saturated carbocycles. The smallest absolute Gasteiger partial charge is 0.433 e. The maximum Gasteiger partial charge on any atom is 0.433 e. The summed E-state index contributed by atoms with van der Waals surface area (Å²) < 4.78 is 53.8. The lowest BCUT2D eigenvalue weighted by Crippen LogP contribution is -2.61. The summed E-state index contributed by atoms with van der Waals surface area (Å²) in [6.07, 6.45) is -0.713. The molecule has 0 aliphatic carbocycles. The molecule has 2 N–H and O–H groups in total. The zero-order valence-corrected chi connectivity index (χ0v) is 23.8. The van der Waals surface area contributed by atoms with Crippen molar-refractivity contribution in [2.45, 2.75) is 18.8 Å². The first-order valence-electron chi connectivity index (χ1n) is 13.5. The number of methoxy groups -OCH3 is 2. The van der Waals surface area contributed by atoms with Crippen molar-refractivity contribution in [3.8, 4) is 17.4 Å². The van der Waals surface area contributed by atoms with E-state index in [-0.39, 0.29) is 37.9 Å². The Bertz CT molecular complexity index is 1600. The molecule has 1 aliphatic rings. The van der Waals surface area contributed by atoms with Gasteiger partial charge in [0.2, 0.25) is 11.9 Å². The minimum atomic E-state index is -4.79. The van der Waals surface area contributed by atoms with Gasteiger partial charge < -0.3 is 29.9 Å². The molecular weight excluding hydrogens is 581 g/mol. The van der Waals surface area contributed by atoms with Crippen molar-refractivity contribution in [3.05, 3.63) is 84.6 Å². The lowest BCUT2D eigenvalue weighted by molar-refractivity contribution is -0.141. The number of carbonyl (C=O) groups excluding carboxylic acids is 2. The lowest BCUT2D eigenvalue weighted by Gasteiger charge is -2.41. The standard InChI is InChI=1S/C29H29F3N8O4/c1-43-22-10-6-7-19(25(22)44-2)16-34-26(41)21-17-38(28(42)35-20-8-4-3-5-9-20)13-14-40(21)24-15-23(29(30,31)32)36-27(37-24)39-12-11-33-18-39/h3-12,15,18,21H,13-14,16-17H2,1-2H3,(H,34,41)(H,35,42). The second-order valence-corrected chi connectivity index (χ2v) is 9.70. The third-order valence-corrected chi connectivity index (χ3v) is 6.95. The SMILES string of the molecule is COc1cccc(CNC(=O)C2CN(C(=O)Nc3ccccc3)CCN2c2cc(C(F)(F)F)nc(-n3ccnc3)n2)c1OC. The number of hydrogen-bond acceptors (Lipinski definition) is 8. The van der Waals surface area contributed by atoms with Crippen LogP contribution in [-0.4, -0.2) is 76.3 Å². The summed E-state index contributed by atoms with van der Waals surface area (Å²) in [5, 5.41) is 5.62. The van der Waals surface area contributed by atoms with Crippen LogP contribution in [0.25, 0.3) is 5.95 Å². The molecule has 1 atom stereocenters. The fraction of sp³-hybridized carbons (Fsp3) is 0.276. The van der Waals surface area contributed by atoms with Gasteiger partial charge in [0, 0.05) is 49.3 Å². The van der Waals surface area contributed by atoms with Crippen LogP contribution < -0.4 is 25.0 Å². The zero-order chi connectivity index (χ0) is 31.3. The Labute approximate surface area is 250 Å². The summed E-state index contributed by atoms with van der Waals surface area (Å²) in [7, 11) is 2.96. The van der Waals surface area contributed by atoms with Crippen LogP contribution in [0.4, 0.5) is 29.5 Å². The lowest BCUT2D eigenvalue weighted by atomic mass is 10.1. The average Bonchev–Trinajstić information content (AvgIpc) is 3.58. The number of amides is 3. The Morgan fingerprint density at radius 2 is 1.82 bits per heavy atom. The quantitative estimate of drug-likeness (QED) is 0.309. The molecule has 5 rings (SSSR count). The fourth-order valence-electron chi connectivity index (χ4n) is 4.79. The predicted octanol–water partition coefficient (Wildman–Crippen LogP) is 3.74. The molecule has 15 heteroatoms. The van der Waals surface area contributed by atoms with Gasteiger partial charge in [-0.3, -0.25) is 9.36 Å². The van der Waals surface area contributed by atoms with Crippen molar-refractivity contribution in [2.24, 2.45) is 0 Å². The highest BCUT2D eigenvalue weighted by Gasteiger charge is 2.39. The molecule has 2 aromatic carbocycles. The van der Waals surface area contributed by atoms with Crippen molar-refractivity contribution in [2.75, 3.05) is 44.1 Å². The molecule has 0 spiro atoms. The number of ether oxygens (including phenoxy) is 2. The molecule has 3 amide bonds. The number of imidazole rings is 1. The van der Waals surface area contributed by atoms with E-state index in [1.54, 1.807) is 48.5 Å². The number of hydrogen-bond donors (Lipinski definition) is 2. The second-order valence-electron chi connectivity index (χ2n) is 9.70. The molecular formula is C29H29F3N8O4. The summed E-state index contributed by atoms with van der Waals surface area (Å²) in [4.78, 5) is 41.7. The Morgan fingerprint density at radius 1 is 1.02 bits per heavy atom. The fourth-order valence-corrected chi connectivity index (χ4v) is 4.79. The van der Waals surface area contributed by atoms with Crippen molar-refractivity contribution in [1.82, 2.24) is 29.7 Å². The van der Waals surface area contributed by atoms with Crippen LogP contribution in [0, 0.1) is 0 Å². The molecule has 0 bridgehead atoms. The Morgan fingerprint density at radius 3 is 2.50 bits per heavy atom. The first kappa shape index (κ1) is 30.1. The average molecular weight is 611 g/mol. The van der Waals surface area contributed by atoms with Crippen LogP contribution in [-0.2, 0) is 17.5 Å². The van der Waals surface area contributed by atoms with Crippen molar-refractivity contribution < 1.29 is 32.2 Å². The van der Waals surface area contributed by atoms with Crippen LogP contribution in [0.1, 0.15) is 11.3 Å². The number of rotatable bonds is 8. The number of aromatic nitrogens is 4. The molecule has 44 heavy (non-hydrogen) atoms. The van der Waals surface area contributed by atoms with Crippen molar-refractivity contribution in [3.63, 3.8) is 0 Å². The summed E-state index contributed by atoms with van der Waals surface area (Å²) in [5.41, 5.74) is -0.0117. The summed E-state index contributed by atoms with van der Waals surface area (Å²) >= 11 is 0. The maximum atomic E-state index is 13.9. The summed E-state index contributed by atoms with van der Waals surface area (Å²) in [6, 6.07) is 13.2. The Hall–Kier alpha value is -5.34. The number of nitrogens with one attached hydrogen (secondary N) is 2. The number of nitrogens with zero attached hydrogens (tertiary/aromatic N) is 6. The first-order valence-corrected chi connectivity index (χ1v) is 13.5. The predicted molar refractivity (Wildman–Crippen MR) is 154 cm³/mol. The number of carbonyl (C=O) groups is 2. The number of urea groups is 1. The molecule has 230 valence electrons. The molecule has 1 fully saturated rings. The largest absolute Gasteiger partial charge is 0.493 e. The van der Waals surface area contributed by atoms with E-state index in [1.165, 1.54) is 47.3 Å². The highest BCUT2D eigenvalue weighted by Crippen LogP contribution is 2.32. The molecule has 1 saturated heterocycles. The number of piperazine rings is 1. The van der Waals surface area contributed by atoms with Gasteiger partial charge in [0.05, 0.1) is 20.8 Å². The molecule has 4 aromatic rings. The highest BCUT2D eigenvalue weighted by atomic mass is 19.4. The molecule has 0 radical (unpaired) electrons. The minimum absolute atomic E-state index is 0.0143. The maximum absolute atomic E-state index is 13.9. The number of benzene rings is 2. The van der Waals surface area contributed by atoms with E-state index in [0.29, 0.717) is 22.7 Å². The van der Waals surface area contributed by atoms with E-state index in [2.05, 4.69) is 25.6 Å². The molecule has 12 nitrogen and oxygen atoms in total. The molecule has 1 aliphatic heterocycles. The van der Waals surface area contributed by atoms with Crippen LogP contribution in [0.3, 0.4) is 0 Å². The van der Waals surface area contributed by atoms with E-state index in [9.17, 15) is 22.8 Å². The topological polar surface area (TPSA) is 127 Å². The first-order chi connectivity index (χ1) is 21.2. The van der Waals surface area contributed by atoms with Gasteiger partial charge in [-0.05, 0) is 18.2 Å². The van der Waals surface area contributed by atoms with Gasteiger partial charge in [-0.15, -0.1) is 0 Å². The Balaban J connectivity index is 1.46. The van der Waals surface area contributed by atoms with Crippen LogP contribution in [0.15, 0.2) is 73.3 Å². The van der Waals surface area contributed by atoms with Crippen molar-refractivity contribution >= 4 is 23.4 Å². The molecule has 2 aromatic heterocycles. The van der Waals surface area contributed by atoms with E-state index < -0.39 is 29.9 Å². The van der Waals surface area contributed by atoms with Gasteiger partial charge in [-0.1, -0.05) is 30.3 Å². The van der Waals surface area contributed by atoms with E-state index >= 15 is 0 Å². The molecule has 1 unspecified atom stereocenters. The van der Waals surface area contributed by atoms with Gasteiger partial charge in [0.15, 0.2) is 17.2 Å². The third kappa shape index (κ3) is 6.66. The number of para-hydroxylation sites is 2. The van der Waals surface area contributed by atoms with Gasteiger partial charge in [-0.25, -0.2) is 14.8 Å². The van der Waals surface area contributed by atoms with Crippen LogP contribution in [0.5, 0.6) is 11.5 Å². The third-order valence-electron chi connectivity index (χ3n) is 6.95. The van der Waals surface area contributed by atoms with Crippen LogP contribution >= 0.6 is 0 Å². The number of anilines is 2. The highest BCUT2D eigenvalue weighted by molar-refractivity contribution is 5.91. The van der Waals surface area contributed by atoms with E-state index in [4.69, 9.17) is 9.47 Å². The van der Waals surface area contributed by atoms with Gasteiger partial charge in [0.1, 0.15) is 18.2 Å². The molecule has 3 heterocycles. The number of alkyl halides is 3. The zero-order valence-electron chi connectivity index (χ0n) is 23.8. The van der Waals surface area contributed by atoms with E-state index in [0.717, 1.165) is 6.07 Å². The monoisotopic (exact) mass is 610 g/mol. The van der Waals surface area contributed by atoms with Gasteiger partial charge >= 0.3 is 12.2 Å². The summed E-state index contributed by atoms with van der Waals surface area (Å²) in [5.74, 6) is -0.0382. The summed E-state index contributed by atoms with van der Waals surface area (Å²) in [6.45, 7) is 0.0154. The van der Waals surface area contributed by atoms with Gasteiger partial charge in [0.25, 0.3) is 0 Å². The number of halogens is 3. The van der Waals surface area contributed by atoms with Crippen LogP contribution in [0.2, 0.25) is 0 Å². The normalized spacial score (nSPS) is 15.1.